The molecule has 2 aliphatic heterocycles. The Hall–Kier alpha value is -1.20. The lowest BCUT2D eigenvalue weighted by molar-refractivity contribution is 0.421. The molecule has 0 bridgehead atoms. The Bertz CT molecular complexity index is 317. The maximum atomic E-state index is 8.83. The van der Waals surface area contributed by atoms with Gasteiger partial charge in [0.1, 0.15) is 0 Å². The molecule has 0 spiro atoms. The number of allylic oxidation sites excluding steroid dienone is 2. The molecule has 0 fully saturated rings. The second-order valence-corrected chi connectivity index (χ2v) is 2.63. The number of dihydropyridines is 1. The molecule has 0 aromatic heterocycles. The fourth-order valence-electron chi connectivity index (χ4n) is 1.16. The van der Waals surface area contributed by atoms with Crippen molar-refractivity contribution in [3.8, 4) is 0 Å². The van der Waals surface area contributed by atoms with Gasteiger partial charge in [-0.1, -0.05) is 6.08 Å². The average Bonchev–Trinajstić information content (AvgIpc) is 2.49. The van der Waals surface area contributed by atoms with Crippen LogP contribution in [0.1, 0.15) is 0 Å². The first-order valence-electron chi connectivity index (χ1n) is 3.61. The third-order valence-electron chi connectivity index (χ3n) is 1.79. The van der Waals surface area contributed by atoms with Crippen LogP contribution >= 0.6 is 0 Å². The summed E-state index contributed by atoms with van der Waals surface area (Å²) in [6.07, 6.45) is 6.45. The van der Waals surface area contributed by atoms with Gasteiger partial charge in [-0.25, -0.2) is 0 Å². The topological polar surface area (TPSA) is 65.2 Å². The lowest BCUT2D eigenvalue weighted by atomic mass is 9.78. The highest BCUT2D eigenvalue weighted by Crippen LogP contribution is 2.19. The summed E-state index contributed by atoms with van der Waals surface area (Å²) < 4.78 is 0. The highest BCUT2D eigenvalue weighted by atomic mass is 16.4. The van der Waals surface area contributed by atoms with E-state index in [1.165, 1.54) is 6.21 Å². The monoisotopic (exact) mass is 162 g/mol. The summed E-state index contributed by atoms with van der Waals surface area (Å²) in [7, 11) is -1.45. The van der Waals surface area contributed by atoms with Gasteiger partial charge in [0.2, 0.25) is 0 Å². The number of rotatable bonds is 1. The van der Waals surface area contributed by atoms with Crippen LogP contribution in [-0.2, 0) is 0 Å². The van der Waals surface area contributed by atoms with Gasteiger partial charge >= 0.3 is 7.12 Å². The number of aliphatic imine (C=N–C) groups is 2. The number of hydrogen-bond acceptors (Lipinski definition) is 4. The predicted molar refractivity (Wildman–Crippen MR) is 47.1 cm³/mol. The van der Waals surface area contributed by atoms with E-state index in [2.05, 4.69) is 9.98 Å². The Kier molecular flexibility index (Phi) is 1.67. The van der Waals surface area contributed by atoms with Crippen LogP contribution in [-0.4, -0.2) is 35.8 Å². The molecular formula is C7H7BN2O2. The largest absolute Gasteiger partial charge is 0.490 e. The van der Waals surface area contributed by atoms with Crippen LogP contribution in [0.25, 0.3) is 0 Å². The van der Waals surface area contributed by atoms with E-state index in [0.717, 1.165) is 5.57 Å². The van der Waals surface area contributed by atoms with Crippen molar-refractivity contribution in [2.75, 3.05) is 0 Å². The maximum Gasteiger partial charge on any atom is 0.490 e. The van der Waals surface area contributed by atoms with Crippen LogP contribution in [0.5, 0.6) is 0 Å². The number of fused-ring (bicyclic) bond motifs is 1. The minimum atomic E-state index is -1.45. The van der Waals surface area contributed by atoms with Crippen molar-refractivity contribution in [2.24, 2.45) is 9.98 Å². The Balaban J connectivity index is 2.28. The quantitative estimate of drug-likeness (QED) is 0.503. The van der Waals surface area contributed by atoms with Crippen molar-refractivity contribution < 1.29 is 10.0 Å². The normalized spacial score (nSPS) is 25.0. The summed E-state index contributed by atoms with van der Waals surface area (Å²) in [5.74, 6) is 0. The van der Waals surface area contributed by atoms with Crippen molar-refractivity contribution >= 4 is 19.5 Å². The van der Waals surface area contributed by atoms with Gasteiger partial charge in [0.25, 0.3) is 0 Å². The predicted octanol–water partition coefficient (Wildman–Crippen LogP) is -0.654. The number of nitrogens with zero attached hydrogens (tertiary/aromatic N) is 2. The van der Waals surface area contributed by atoms with Crippen LogP contribution in [0.4, 0.5) is 0 Å². The van der Waals surface area contributed by atoms with Crippen LogP contribution in [0.3, 0.4) is 0 Å². The molecule has 2 rings (SSSR count). The van der Waals surface area contributed by atoms with Crippen molar-refractivity contribution in [3.05, 3.63) is 23.2 Å². The molecule has 0 aromatic rings. The average molecular weight is 162 g/mol. The fourth-order valence-corrected chi connectivity index (χ4v) is 1.16. The third kappa shape index (κ3) is 1.13. The molecule has 4 nitrogen and oxygen atoms in total. The molecule has 0 aromatic carbocycles. The Labute approximate surface area is 69.8 Å². The molecule has 12 heavy (non-hydrogen) atoms. The van der Waals surface area contributed by atoms with E-state index < -0.39 is 7.12 Å². The highest BCUT2D eigenvalue weighted by molar-refractivity contribution is 6.57. The Morgan fingerprint density at radius 3 is 2.92 bits per heavy atom. The van der Waals surface area contributed by atoms with Gasteiger partial charge in [-0.2, -0.15) is 0 Å². The zero-order valence-corrected chi connectivity index (χ0v) is 6.25. The lowest BCUT2D eigenvalue weighted by Gasteiger charge is -2.11. The van der Waals surface area contributed by atoms with E-state index in [-0.39, 0.29) is 6.17 Å². The van der Waals surface area contributed by atoms with Gasteiger partial charge in [-0.3, -0.25) is 9.98 Å². The van der Waals surface area contributed by atoms with Gasteiger partial charge in [-0.15, -0.1) is 0 Å². The molecule has 2 aliphatic rings. The molecule has 60 valence electrons. The van der Waals surface area contributed by atoms with E-state index in [1.807, 2.05) is 6.08 Å². The second-order valence-electron chi connectivity index (χ2n) is 2.63. The molecular weight excluding hydrogens is 155 g/mol. The number of hydrogen-bond donors (Lipinski definition) is 2. The first-order chi connectivity index (χ1) is 5.77. The summed E-state index contributed by atoms with van der Waals surface area (Å²) in [6, 6.07) is 0. The molecule has 0 amide bonds. The summed E-state index contributed by atoms with van der Waals surface area (Å²) >= 11 is 0. The van der Waals surface area contributed by atoms with Crippen molar-refractivity contribution in [2.45, 2.75) is 6.17 Å². The van der Waals surface area contributed by atoms with Crippen LogP contribution in [0.15, 0.2) is 33.2 Å². The van der Waals surface area contributed by atoms with E-state index in [4.69, 9.17) is 10.0 Å². The smallest absolute Gasteiger partial charge is 0.423 e. The Morgan fingerprint density at radius 1 is 1.33 bits per heavy atom. The highest BCUT2D eigenvalue weighted by Gasteiger charge is 2.21. The van der Waals surface area contributed by atoms with E-state index in [0.29, 0.717) is 5.47 Å². The van der Waals surface area contributed by atoms with Gasteiger partial charge in [0, 0.05) is 17.9 Å². The molecule has 0 saturated carbocycles. The summed E-state index contributed by atoms with van der Waals surface area (Å²) in [6.45, 7) is 0. The molecule has 2 N–H and O–H groups in total. The first-order valence-corrected chi connectivity index (χ1v) is 3.61. The fraction of sp³-hybridized carbons (Fsp3) is 0.143. The summed E-state index contributed by atoms with van der Waals surface area (Å²) in [5, 5.41) is 17.7. The van der Waals surface area contributed by atoms with E-state index in [9.17, 15) is 0 Å². The van der Waals surface area contributed by atoms with E-state index >= 15 is 0 Å². The molecule has 0 unspecified atom stereocenters. The van der Waals surface area contributed by atoms with Crippen molar-refractivity contribution in [3.63, 3.8) is 0 Å². The lowest BCUT2D eigenvalue weighted by Crippen LogP contribution is -2.20. The second kappa shape index (κ2) is 2.69. The standard InChI is InChI=1S/C7H7BN2O2/c11-8(12)6-3-5-1-2-9-7(5)10-4-6/h1-4,7,11-12H/t7-/m1/s1. The van der Waals surface area contributed by atoms with Crippen LogP contribution in [0.2, 0.25) is 0 Å². The molecule has 1 atom stereocenters. The minimum Gasteiger partial charge on any atom is -0.423 e. The SMILES string of the molecule is OB(O)C1=CC2=CC=N[C@@H]2N=C1. The maximum absolute atomic E-state index is 8.83. The van der Waals surface area contributed by atoms with Gasteiger partial charge in [-0.05, 0) is 11.6 Å². The molecule has 0 saturated heterocycles. The molecule has 5 heteroatoms. The molecule has 0 aliphatic carbocycles. The van der Waals surface area contributed by atoms with Gasteiger partial charge < -0.3 is 10.0 Å². The first kappa shape index (κ1) is 7.45. The zero-order chi connectivity index (χ0) is 8.55. The Morgan fingerprint density at radius 2 is 2.17 bits per heavy atom. The van der Waals surface area contributed by atoms with Crippen LogP contribution in [0, 0.1) is 0 Å². The van der Waals surface area contributed by atoms with E-state index in [1.54, 1.807) is 12.3 Å². The minimum absolute atomic E-state index is 0.160. The van der Waals surface area contributed by atoms with Crippen molar-refractivity contribution in [1.29, 1.82) is 0 Å². The molecule has 2 heterocycles. The van der Waals surface area contributed by atoms with Gasteiger partial charge in [0.05, 0.1) is 0 Å². The zero-order valence-electron chi connectivity index (χ0n) is 6.25. The van der Waals surface area contributed by atoms with Crippen LogP contribution < -0.4 is 0 Å². The van der Waals surface area contributed by atoms with Gasteiger partial charge in [0.15, 0.2) is 6.17 Å². The summed E-state index contributed by atoms with van der Waals surface area (Å²) in [4.78, 5) is 8.04. The molecule has 0 radical (unpaired) electrons. The summed E-state index contributed by atoms with van der Waals surface area (Å²) in [5.41, 5.74) is 1.31. The third-order valence-corrected chi connectivity index (χ3v) is 1.79. The van der Waals surface area contributed by atoms with Crippen molar-refractivity contribution in [1.82, 2.24) is 0 Å².